The number of nitrogens with zero attached hydrogens (tertiary/aromatic N) is 3. The monoisotopic (exact) mass is 380 g/mol. The van der Waals surface area contributed by atoms with E-state index in [1.165, 1.54) is 0 Å². The molecule has 0 aliphatic rings. The molecule has 6 nitrogen and oxygen atoms in total. The Labute approximate surface area is 160 Å². The standard InChI is InChI=1S/C20H17ClN4O2/c1-12-7-8-14(9-17(12)21)22-19(26)11-25-10-16(20-24-23-13(2)27-20)15-5-3-4-6-18(15)25/h3-10H,11H2,1-2H3,(H,22,26). The van der Waals surface area contributed by atoms with Crippen molar-refractivity contribution in [3.8, 4) is 11.5 Å². The number of amides is 1. The number of benzene rings is 2. The minimum atomic E-state index is -0.149. The van der Waals surface area contributed by atoms with Crippen molar-refractivity contribution in [2.45, 2.75) is 20.4 Å². The molecule has 0 spiro atoms. The molecule has 0 fully saturated rings. The second-order valence-corrected chi connectivity index (χ2v) is 6.73. The zero-order valence-electron chi connectivity index (χ0n) is 14.9. The molecular formula is C20H17ClN4O2. The zero-order valence-corrected chi connectivity index (χ0v) is 15.6. The second-order valence-electron chi connectivity index (χ2n) is 6.33. The Morgan fingerprint density at radius 1 is 1.19 bits per heavy atom. The molecule has 0 unspecified atom stereocenters. The molecule has 0 atom stereocenters. The van der Waals surface area contributed by atoms with Gasteiger partial charge >= 0.3 is 0 Å². The summed E-state index contributed by atoms with van der Waals surface area (Å²) in [5, 5.41) is 12.4. The Kier molecular flexibility index (Phi) is 4.41. The van der Waals surface area contributed by atoms with E-state index in [0.717, 1.165) is 22.0 Å². The molecule has 0 aliphatic heterocycles. The highest BCUT2D eigenvalue weighted by molar-refractivity contribution is 6.31. The molecule has 0 aliphatic carbocycles. The van der Waals surface area contributed by atoms with Gasteiger partial charge in [-0.2, -0.15) is 0 Å². The minimum absolute atomic E-state index is 0.149. The maximum atomic E-state index is 12.5. The summed E-state index contributed by atoms with van der Waals surface area (Å²) in [6, 6.07) is 13.2. The van der Waals surface area contributed by atoms with Crippen molar-refractivity contribution in [2.75, 3.05) is 5.32 Å². The van der Waals surface area contributed by atoms with Gasteiger partial charge in [-0.25, -0.2) is 0 Å². The number of nitrogens with one attached hydrogen (secondary N) is 1. The Morgan fingerprint density at radius 3 is 2.74 bits per heavy atom. The van der Waals surface area contributed by atoms with Crippen molar-refractivity contribution in [3.05, 3.63) is 65.1 Å². The van der Waals surface area contributed by atoms with E-state index in [-0.39, 0.29) is 12.5 Å². The highest BCUT2D eigenvalue weighted by atomic mass is 35.5. The lowest BCUT2D eigenvalue weighted by molar-refractivity contribution is -0.116. The number of anilines is 1. The SMILES string of the molecule is Cc1nnc(-c2cn(CC(=O)Nc3ccc(C)c(Cl)c3)c3ccccc23)o1. The van der Waals surface area contributed by atoms with Crippen LogP contribution in [0.1, 0.15) is 11.5 Å². The van der Waals surface area contributed by atoms with E-state index in [4.69, 9.17) is 16.0 Å². The van der Waals surface area contributed by atoms with Crippen LogP contribution in [0.3, 0.4) is 0 Å². The molecular weight excluding hydrogens is 364 g/mol. The molecule has 27 heavy (non-hydrogen) atoms. The van der Waals surface area contributed by atoms with Crippen LogP contribution < -0.4 is 5.32 Å². The molecule has 1 amide bonds. The number of hydrogen-bond acceptors (Lipinski definition) is 4. The van der Waals surface area contributed by atoms with Crippen molar-refractivity contribution in [2.24, 2.45) is 0 Å². The summed E-state index contributed by atoms with van der Waals surface area (Å²) in [6.45, 7) is 3.82. The summed E-state index contributed by atoms with van der Waals surface area (Å²) in [4.78, 5) is 12.5. The van der Waals surface area contributed by atoms with Gasteiger partial charge in [0, 0.05) is 34.7 Å². The molecule has 0 bridgehead atoms. The lowest BCUT2D eigenvalue weighted by atomic mass is 10.2. The average Bonchev–Trinajstić information content (AvgIpc) is 3.22. The minimum Gasteiger partial charge on any atom is -0.421 e. The zero-order chi connectivity index (χ0) is 19.0. The largest absolute Gasteiger partial charge is 0.421 e. The first kappa shape index (κ1) is 17.3. The van der Waals surface area contributed by atoms with Gasteiger partial charge in [0.25, 0.3) is 0 Å². The fourth-order valence-corrected chi connectivity index (χ4v) is 3.16. The van der Waals surface area contributed by atoms with Crippen molar-refractivity contribution < 1.29 is 9.21 Å². The smallest absolute Gasteiger partial charge is 0.249 e. The Morgan fingerprint density at radius 2 is 2.00 bits per heavy atom. The highest BCUT2D eigenvalue weighted by Crippen LogP contribution is 2.30. The van der Waals surface area contributed by atoms with E-state index in [1.54, 1.807) is 13.0 Å². The Bertz CT molecular complexity index is 1150. The number of carbonyl (C=O) groups excluding carboxylic acids is 1. The lowest BCUT2D eigenvalue weighted by Crippen LogP contribution is -2.18. The van der Waals surface area contributed by atoms with E-state index >= 15 is 0 Å². The molecule has 2 aromatic carbocycles. The van der Waals surface area contributed by atoms with Gasteiger partial charge in [0.05, 0.1) is 5.56 Å². The number of hydrogen-bond donors (Lipinski definition) is 1. The fraction of sp³-hybridized carbons (Fsp3) is 0.150. The van der Waals surface area contributed by atoms with Gasteiger partial charge in [0.1, 0.15) is 6.54 Å². The van der Waals surface area contributed by atoms with Crippen molar-refractivity contribution in [1.82, 2.24) is 14.8 Å². The second kappa shape index (κ2) is 6.89. The molecule has 1 N–H and O–H groups in total. The summed E-state index contributed by atoms with van der Waals surface area (Å²) in [7, 11) is 0. The van der Waals surface area contributed by atoms with Gasteiger partial charge in [-0.1, -0.05) is 35.9 Å². The van der Waals surface area contributed by atoms with Crippen LogP contribution in [0.4, 0.5) is 5.69 Å². The van der Waals surface area contributed by atoms with Crippen molar-refractivity contribution in [3.63, 3.8) is 0 Å². The number of para-hydroxylation sites is 1. The maximum absolute atomic E-state index is 12.5. The normalized spacial score (nSPS) is 11.1. The molecule has 136 valence electrons. The molecule has 0 saturated heterocycles. The van der Waals surface area contributed by atoms with Crippen LogP contribution in [-0.2, 0) is 11.3 Å². The van der Waals surface area contributed by atoms with Crippen LogP contribution in [0, 0.1) is 13.8 Å². The topological polar surface area (TPSA) is 73.0 Å². The third kappa shape index (κ3) is 3.44. The third-order valence-electron chi connectivity index (χ3n) is 4.31. The molecule has 0 saturated carbocycles. The molecule has 0 radical (unpaired) electrons. The fourth-order valence-electron chi connectivity index (χ4n) is 2.98. The first-order valence-electron chi connectivity index (χ1n) is 8.45. The average molecular weight is 381 g/mol. The van der Waals surface area contributed by atoms with Crippen LogP contribution in [0.25, 0.3) is 22.4 Å². The van der Waals surface area contributed by atoms with Gasteiger partial charge in [-0.15, -0.1) is 10.2 Å². The number of aryl methyl sites for hydroxylation is 2. The maximum Gasteiger partial charge on any atom is 0.249 e. The third-order valence-corrected chi connectivity index (χ3v) is 4.72. The number of carbonyl (C=O) groups is 1. The van der Waals surface area contributed by atoms with Crippen LogP contribution in [0.15, 0.2) is 53.1 Å². The quantitative estimate of drug-likeness (QED) is 0.561. The van der Waals surface area contributed by atoms with E-state index in [0.29, 0.717) is 22.5 Å². The Hall–Kier alpha value is -3.12. The molecule has 2 aromatic heterocycles. The highest BCUT2D eigenvalue weighted by Gasteiger charge is 2.16. The Balaban J connectivity index is 1.63. The molecule has 4 aromatic rings. The van der Waals surface area contributed by atoms with Gasteiger partial charge in [0.2, 0.25) is 17.7 Å². The van der Waals surface area contributed by atoms with Gasteiger partial charge in [-0.05, 0) is 30.7 Å². The van der Waals surface area contributed by atoms with E-state index in [9.17, 15) is 4.79 Å². The first-order valence-corrected chi connectivity index (χ1v) is 8.83. The van der Waals surface area contributed by atoms with E-state index in [1.807, 2.05) is 54.1 Å². The van der Waals surface area contributed by atoms with Gasteiger partial charge in [0.15, 0.2) is 0 Å². The van der Waals surface area contributed by atoms with Crippen molar-refractivity contribution >= 4 is 34.1 Å². The van der Waals surface area contributed by atoms with Crippen LogP contribution in [-0.4, -0.2) is 20.7 Å². The first-order chi connectivity index (χ1) is 13.0. The summed E-state index contributed by atoms with van der Waals surface area (Å²) in [6.07, 6.45) is 1.86. The molecule has 7 heteroatoms. The van der Waals surface area contributed by atoms with Crippen LogP contribution in [0.2, 0.25) is 5.02 Å². The summed E-state index contributed by atoms with van der Waals surface area (Å²) in [5.41, 5.74) is 3.35. The predicted octanol–water partition coefficient (Wildman–Crippen LogP) is 4.60. The van der Waals surface area contributed by atoms with Gasteiger partial charge < -0.3 is 14.3 Å². The van der Waals surface area contributed by atoms with Crippen LogP contribution >= 0.6 is 11.6 Å². The van der Waals surface area contributed by atoms with E-state index < -0.39 is 0 Å². The number of fused-ring (bicyclic) bond motifs is 1. The summed E-state index contributed by atoms with van der Waals surface area (Å²) >= 11 is 6.13. The van der Waals surface area contributed by atoms with Gasteiger partial charge in [-0.3, -0.25) is 4.79 Å². The van der Waals surface area contributed by atoms with E-state index in [2.05, 4.69) is 15.5 Å². The van der Waals surface area contributed by atoms with Crippen molar-refractivity contribution in [1.29, 1.82) is 0 Å². The number of rotatable bonds is 4. The summed E-state index contributed by atoms with van der Waals surface area (Å²) in [5.74, 6) is 0.785. The number of aromatic nitrogens is 3. The molecule has 2 heterocycles. The molecule has 4 rings (SSSR count). The lowest BCUT2D eigenvalue weighted by Gasteiger charge is -2.08. The van der Waals surface area contributed by atoms with Crippen LogP contribution in [0.5, 0.6) is 0 Å². The number of halogens is 1. The predicted molar refractivity (Wildman–Crippen MR) is 105 cm³/mol. The summed E-state index contributed by atoms with van der Waals surface area (Å²) < 4.78 is 7.44.